The van der Waals surface area contributed by atoms with Gasteiger partial charge in [-0.3, -0.25) is 9.78 Å². The number of hydrogen-bond donors (Lipinski definition) is 1. The topological polar surface area (TPSA) is 49.0 Å². The van der Waals surface area contributed by atoms with Crippen molar-refractivity contribution in [2.24, 2.45) is 0 Å². The van der Waals surface area contributed by atoms with Crippen LogP contribution in [0.1, 0.15) is 50.1 Å². The van der Waals surface area contributed by atoms with Crippen LogP contribution in [-0.2, 0) is 0 Å². The molecule has 1 aliphatic heterocycles. The Kier molecular flexibility index (Phi) is 3.41. The lowest BCUT2D eigenvalue weighted by Crippen LogP contribution is -2.25. The van der Waals surface area contributed by atoms with Gasteiger partial charge in [0.15, 0.2) is 0 Å². The SMILES string of the molecule is O=c1[nH]c(N2CCCC2)nc(C2CCCC2)c1Br. The van der Waals surface area contributed by atoms with Crippen LogP contribution < -0.4 is 10.5 Å². The number of nitrogens with zero attached hydrogens (tertiary/aromatic N) is 2. The molecule has 0 spiro atoms. The van der Waals surface area contributed by atoms with E-state index in [1.165, 1.54) is 25.7 Å². The maximum atomic E-state index is 12.0. The highest BCUT2D eigenvalue weighted by Crippen LogP contribution is 2.36. The normalized spacial score (nSPS) is 20.8. The number of H-pyrrole nitrogens is 1. The third-order valence-electron chi connectivity index (χ3n) is 4.02. The van der Waals surface area contributed by atoms with Gasteiger partial charge in [0.05, 0.1) is 5.69 Å². The summed E-state index contributed by atoms with van der Waals surface area (Å²) in [6.07, 6.45) is 7.22. The smallest absolute Gasteiger partial charge is 0.266 e. The predicted molar refractivity (Wildman–Crippen MR) is 75.2 cm³/mol. The predicted octanol–water partition coefficient (Wildman–Crippen LogP) is 2.79. The lowest BCUT2D eigenvalue weighted by Gasteiger charge is -2.18. The molecule has 0 unspecified atom stereocenters. The molecule has 1 aromatic rings. The molecule has 3 rings (SSSR count). The van der Waals surface area contributed by atoms with Crippen LogP contribution in [0.5, 0.6) is 0 Å². The van der Waals surface area contributed by atoms with Crippen molar-refractivity contribution >= 4 is 21.9 Å². The third kappa shape index (κ3) is 2.20. The molecule has 1 saturated heterocycles. The minimum atomic E-state index is -0.0335. The van der Waals surface area contributed by atoms with E-state index in [0.29, 0.717) is 10.4 Å². The molecule has 1 saturated carbocycles. The molecule has 18 heavy (non-hydrogen) atoms. The van der Waals surface area contributed by atoms with Gasteiger partial charge >= 0.3 is 0 Å². The Morgan fingerprint density at radius 1 is 1.17 bits per heavy atom. The fraction of sp³-hybridized carbons (Fsp3) is 0.692. The highest BCUT2D eigenvalue weighted by atomic mass is 79.9. The van der Waals surface area contributed by atoms with Gasteiger partial charge in [-0.2, -0.15) is 0 Å². The Labute approximate surface area is 115 Å². The standard InChI is InChI=1S/C13H18BrN3O/c14-10-11(9-5-1-2-6-9)15-13(16-12(10)18)17-7-3-4-8-17/h9H,1-8H2,(H,15,16,18). The van der Waals surface area contributed by atoms with Crippen molar-refractivity contribution in [3.63, 3.8) is 0 Å². The number of halogens is 1. The van der Waals surface area contributed by atoms with Crippen LogP contribution in [0.25, 0.3) is 0 Å². The van der Waals surface area contributed by atoms with E-state index in [2.05, 4.69) is 25.8 Å². The van der Waals surface area contributed by atoms with E-state index >= 15 is 0 Å². The molecule has 0 aromatic carbocycles. The summed E-state index contributed by atoms with van der Waals surface area (Å²) in [5.41, 5.74) is 0.937. The number of rotatable bonds is 2. The number of hydrogen-bond acceptors (Lipinski definition) is 3. The maximum absolute atomic E-state index is 12.0. The first-order valence-corrected chi connectivity index (χ1v) is 7.59. The van der Waals surface area contributed by atoms with Crippen LogP contribution in [0.15, 0.2) is 9.27 Å². The van der Waals surface area contributed by atoms with Gasteiger partial charge in [-0.05, 0) is 41.6 Å². The first-order chi connectivity index (χ1) is 8.75. The van der Waals surface area contributed by atoms with Crippen molar-refractivity contribution in [3.8, 4) is 0 Å². The first-order valence-electron chi connectivity index (χ1n) is 6.80. The van der Waals surface area contributed by atoms with Crippen LogP contribution in [0, 0.1) is 0 Å². The van der Waals surface area contributed by atoms with Gasteiger partial charge in [-0.1, -0.05) is 12.8 Å². The number of anilines is 1. The van der Waals surface area contributed by atoms with Gasteiger partial charge in [0.1, 0.15) is 4.47 Å². The molecule has 2 aliphatic rings. The van der Waals surface area contributed by atoms with Crippen molar-refractivity contribution in [2.45, 2.75) is 44.4 Å². The van der Waals surface area contributed by atoms with Crippen molar-refractivity contribution in [1.29, 1.82) is 0 Å². The second-order valence-electron chi connectivity index (χ2n) is 5.26. The Bertz CT molecular complexity index is 487. The average Bonchev–Trinajstić information content (AvgIpc) is 3.03. The van der Waals surface area contributed by atoms with Gasteiger partial charge in [0.2, 0.25) is 5.95 Å². The number of nitrogens with one attached hydrogen (secondary N) is 1. The van der Waals surface area contributed by atoms with Crippen LogP contribution in [0.3, 0.4) is 0 Å². The van der Waals surface area contributed by atoms with E-state index < -0.39 is 0 Å². The Morgan fingerprint density at radius 3 is 2.50 bits per heavy atom. The minimum Gasteiger partial charge on any atom is -0.342 e. The summed E-state index contributed by atoms with van der Waals surface area (Å²) in [5.74, 6) is 1.23. The molecule has 0 atom stereocenters. The maximum Gasteiger partial charge on any atom is 0.266 e. The first kappa shape index (κ1) is 12.2. The van der Waals surface area contributed by atoms with Gasteiger partial charge in [-0.15, -0.1) is 0 Å². The van der Waals surface area contributed by atoms with Crippen molar-refractivity contribution in [1.82, 2.24) is 9.97 Å². The zero-order valence-corrected chi connectivity index (χ0v) is 12.0. The monoisotopic (exact) mass is 311 g/mol. The molecule has 1 N–H and O–H groups in total. The van der Waals surface area contributed by atoms with Crippen LogP contribution in [-0.4, -0.2) is 23.1 Å². The molecule has 0 amide bonds. The average molecular weight is 312 g/mol. The molecule has 5 heteroatoms. The Balaban J connectivity index is 1.98. The number of aromatic nitrogens is 2. The van der Waals surface area contributed by atoms with Gasteiger partial charge < -0.3 is 4.90 Å². The van der Waals surface area contributed by atoms with Crippen LogP contribution >= 0.6 is 15.9 Å². The highest BCUT2D eigenvalue weighted by Gasteiger charge is 2.24. The molecule has 0 bridgehead atoms. The summed E-state index contributed by atoms with van der Waals surface area (Å²) in [6, 6.07) is 0. The summed E-state index contributed by atoms with van der Waals surface area (Å²) in [5, 5.41) is 0. The summed E-state index contributed by atoms with van der Waals surface area (Å²) < 4.78 is 0.636. The highest BCUT2D eigenvalue weighted by molar-refractivity contribution is 9.10. The molecule has 98 valence electrons. The zero-order valence-electron chi connectivity index (χ0n) is 10.4. The summed E-state index contributed by atoms with van der Waals surface area (Å²) in [4.78, 5) is 21.8. The van der Waals surface area contributed by atoms with E-state index in [1.807, 2.05) is 0 Å². The molecular formula is C13H18BrN3O. The lowest BCUT2D eigenvalue weighted by molar-refractivity contribution is 0.682. The Morgan fingerprint density at radius 2 is 1.83 bits per heavy atom. The Hall–Kier alpha value is -0.840. The molecule has 1 aromatic heterocycles. The molecule has 2 heterocycles. The second kappa shape index (κ2) is 5.03. The number of aromatic amines is 1. The van der Waals surface area contributed by atoms with E-state index in [1.54, 1.807) is 0 Å². The third-order valence-corrected chi connectivity index (χ3v) is 4.79. The minimum absolute atomic E-state index is 0.0335. The van der Waals surface area contributed by atoms with Crippen molar-refractivity contribution < 1.29 is 0 Å². The molecular weight excluding hydrogens is 294 g/mol. The van der Waals surface area contributed by atoms with E-state index in [4.69, 9.17) is 4.98 Å². The molecule has 2 fully saturated rings. The summed E-state index contributed by atoms with van der Waals surface area (Å²) >= 11 is 3.41. The van der Waals surface area contributed by atoms with Crippen molar-refractivity contribution in [2.75, 3.05) is 18.0 Å². The summed E-state index contributed by atoms with van der Waals surface area (Å²) in [6.45, 7) is 2.02. The van der Waals surface area contributed by atoms with Crippen LogP contribution in [0.2, 0.25) is 0 Å². The summed E-state index contributed by atoms with van der Waals surface area (Å²) in [7, 11) is 0. The van der Waals surface area contributed by atoms with Gasteiger partial charge in [0, 0.05) is 19.0 Å². The van der Waals surface area contributed by atoms with Gasteiger partial charge in [0.25, 0.3) is 5.56 Å². The van der Waals surface area contributed by atoms with E-state index in [0.717, 1.165) is 37.6 Å². The fourth-order valence-electron chi connectivity index (χ4n) is 3.01. The lowest BCUT2D eigenvalue weighted by atomic mass is 10.0. The zero-order chi connectivity index (χ0) is 12.5. The van der Waals surface area contributed by atoms with Gasteiger partial charge in [-0.25, -0.2) is 4.98 Å². The quantitative estimate of drug-likeness (QED) is 0.913. The molecule has 4 nitrogen and oxygen atoms in total. The molecule has 1 aliphatic carbocycles. The van der Waals surface area contributed by atoms with E-state index in [9.17, 15) is 4.79 Å². The molecule has 0 radical (unpaired) electrons. The van der Waals surface area contributed by atoms with Crippen LogP contribution in [0.4, 0.5) is 5.95 Å². The largest absolute Gasteiger partial charge is 0.342 e. The van der Waals surface area contributed by atoms with E-state index in [-0.39, 0.29) is 5.56 Å². The fourth-order valence-corrected chi connectivity index (χ4v) is 3.52. The van der Waals surface area contributed by atoms with Crippen molar-refractivity contribution in [3.05, 3.63) is 20.5 Å². The second-order valence-corrected chi connectivity index (χ2v) is 6.06.